The lowest BCUT2D eigenvalue weighted by Crippen LogP contribution is -2.49. The van der Waals surface area contributed by atoms with Gasteiger partial charge in [0.1, 0.15) is 0 Å². The van der Waals surface area contributed by atoms with Gasteiger partial charge in [0.2, 0.25) is 5.91 Å². The Labute approximate surface area is 109 Å². The van der Waals surface area contributed by atoms with Crippen LogP contribution in [0.1, 0.15) is 57.8 Å². The van der Waals surface area contributed by atoms with E-state index in [1.165, 1.54) is 19.3 Å². The van der Waals surface area contributed by atoms with E-state index in [0.717, 1.165) is 38.5 Å². The number of amides is 1. The summed E-state index contributed by atoms with van der Waals surface area (Å²) < 4.78 is 0. The third kappa shape index (κ3) is 3.45. The molecule has 18 heavy (non-hydrogen) atoms. The fraction of sp³-hybridized carbons (Fsp3) is 0.929. The number of aliphatic hydroxyl groups is 1. The van der Waals surface area contributed by atoms with Crippen molar-refractivity contribution in [1.29, 1.82) is 0 Å². The maximum atomic E-state index is 12.2. The van der Waals surface area contributed by atoms with Crippen molar-refractivity contribution in [3.05, 3.63) is 0 Å². The fourth-order valence-electron chi connectivity index (χ4n) is 3.18. The summed E-state index contributed by atoms with van der Waals surface area (Å²) in [5, 5.41) is 12.4. The molecule has 1 amide bonds. The number of rotatable bonds is 3. The van der Waals surface area contributed by atoms with Gasteiger partial charge in [-0.25, -0.2) is 0 Å². The third-order valence-electron chi connectivity index (χ3n) is 4.62. The zero-order chi connectivity index (χ0) is 13.0. The largest absolute Gasteiger partial charge is 0.394 e. The smallest absolute Gasteiger partial charge is 0.223 e. The minimum Gasteiger partial charge on any atom is -0.394 e. The van der Waals surface area contributed by atoms with Gasteiger partial charge >= 0.3 is 0 Å². The monoisotopic (exact) mass is 254 g/mol. The van der Waals surface area contributed by atoms with Crippen molar-refractivity contribution in [3.63, 3.8) is 0 Å². The highest BCUT2D eigenvalue weighted by Gasteiger charge is 2.34. The van der Waals surface area contributed by atoms with E-state index < -0.39 is 5.54 Å². The highest BCUT2D eigenvalue weighted by molar-refractivity contribution is 5.79. The Hall–Kier alpha value is -0.610. The molecule has 0 bridgehead atoms. The minimum absolute atomic E-state index is 0.0317. The van der Waals surface area contributed by atoms with E-state index in [1.807, 2.05) is 0 Å². The number of nitrogens with one attached hydrogen (secondary N) is 1. The lowest BCUT2D eigenvalue weighted by atomic mass is 9.77. The van der Waals surface area contributed by atoms with E-state index in [4.69, 9.17) is 5.73 Å². The van der Waals surface area contributed by atoms with Crippen LogP contribution in [0.3, 0.4) is 0 Å². The van der Waals surface area contributed by atoms with E-state index in [0.29, 0.717) is 6.04 Å². The minimum atomic E-state index is -0.443. The highest BCUT2D eigenvalue weighted by Crippen LogP contribution is 2.30. The number of aliphatic hydroxyl groups excluding tert-OH is 1. The second kappa shape index (κ2) is 6.02. The molecular weight excluding hydrogens is 228 g/mol. The Morgan fingerprint density at radius 3 is 2.33 bits per heavy atom. The number of nitrogens with two attached hydrogens (primary N) is 1. The second-order valence-corrected chi connectivity index (χ2v) is 6.14. The summed E-state index contributed by atoms with van der Waals surface area (Å²) in [6.07, 6.45) is 9.20. The molecule has 0 aromatic carbocycles. The van der Waals surface area contributed by atoms with Crippen LogP contribution in [0.5, 0.6) is 0 Å². The summed E-state index contributed by atoms with van der Waals surface area (Å²) in [5.74, 6) is 0.317. The summed E-state index contributed by atoms with van der Waals surface area (Å²) in [5.41, 5.74) is 5.58. The first kappa shape index (κ1) is 13.8. The van der Waals surface area contributed by atoms with E-state index in [1.54, 1.807) is 0 Å². The summed E-state index contributed by atoms with van der Waals surface area (Å²) in [7, 11) is 0. The predicted molar refractivity (Wildman–Crippen MR) is 71.0 cm³/mol. The number of hydrogen-bond acceptors (Lipinski definition) is 3. The van der Waals surface area contributed by atoms with Crippen LogP contribution in [0.25, 0.3) is 0 Å². The number of carbonyl (C=O) groups excluding carboxylic acids is 1. The van der Waals surface area contributed by atoms with Crippen LogP contribution in [0.4, 0.5) is 0 Å². The van der Waals surface area contributed by atoms with E-state index >= 15 is 0 Å². The molecule has 0 aromatic heterocycles. The molecule has 2 rings (SSSR count). The molecule has 2 fully saturated rings. The molecule has 0 heterocycles. The van der Waals surface area contributed by atoms with Crippen molar-refractivity contribution in [2.45, 2.75) is 69.4 Å². The summed E-state index contributed by atoms with van der Waals surface area (Å²) in [4.78, 5) is 12.2. The first-order valence-electron chi connectivity index (χ1n) is 7.33. The van der Waals surface area contributed by atoms with Gasteiger partial charge in [-0.15, -0.1) is 0 Å². The van der Waals surface area contributed by atoms with Crippen LogP contribution in [0.2, 0.25) is 0 Å². The quantitative estimate of drug-likeness (QED) is 0.711. The Kier molecular flexibility index (Phi) is 4.62. The van der Waals surface area contributed by atoms with Crippen LogP contribution < -0.4 is 11.1 Å². The molecule has 0 aromatic rings. The van der Waals surface area contributed by atoms with E-state index in [9.17, 15) is 9.90 Å². The van der Waals surface area contributed by atoms with Crippen LogP contribution in [-0.2, 0) is 4.79 Å². The van der Waals surface area contributed by atoms with Crippen LogP contribution in [0.15, 0.2) is 0 Å². The molecule has 0 aliphatic heterocycles. The molecule has 0 atom stereocenters. The van der Waals surface area contributed by atoms with E-state index in [2.05, 4.69) is 5.32 Å². The van der Waals surface area contributed by atoms with Gasteiger partial charge in [0.05, 0.1) is 6.61 Å². The normalized spacial score (nSPS) is 34.2. The van der Waals surface area contributed by atoms with Crippen molar-refractivity contribution in [3.8, 4) is 0 Å². The molecule has 4 nitrogen and oxygen atoms in total. The van der Waals surface area contributed by atoms with Crippen molar-refractivity contribution in [1.82, 2.24) is 5.32 Å². The standard InChI is InChI=1S/C14H26N2O2/c15-14(10-17)8-6-11(7-9-14)13(18)16-12-4-2-1-3-5-12/h11-12,17H,1-10,15H2,(H,16,18). The van der Waals surface area contributed by atoms with Gasteiger partial charge in [-0.2, -0.15) is 0 Å². The third-order valence-corrected chi connectivity index (χ3v) is 4.62. The summed E-state index contributed by atoms with van der Waals surface area (Å²) in [6.45, 7) is 0.0317. The SMILES string of the molecule is NC1(CO)CCC(C(=O)NC2CCCCC2)CC1. The lowest BCUT2D eigenvalue weighted by Gasteiger charge is -2.35. The molecule has 2 saturated carbocycles. The topological polar surface area (TPSA) is 75.3 Å². The zero-order valence-electron chi connectivity index (χ0n) is 11.2. The van der Waals surface area contributed by atoms with Crippen molar-refractivity contribution in [2.24, 2.45) is 11.7 Å². The van der Waals surface area contributed by atoms with Gasteiger partial charge in [-0.05, 0) is 38.5 Å². The zero-order valence-corrected chi connectivity index (χ0v) is 11.2. The second-order valence-electron chi connectivity index (χ2n) is 6.14. The highest BCUT2D eigenvalue weighted by atomic mass is 16.3. The molecule has 4 N–H and O–H groups in total. The number of carbonyl (C=O) groups is 1. The van der Waals surface area contributed by atoms with Crippen molar-refractivity contribution in [2.75, 3.05) is 6.61 Å². The van der Waals surface area contributed by atoms with Gasteiger partial charge in [0.25, 0.3) is 0 Å². The maximum Gasteiger partial charge on any atom is 0.223 e. The summed E-state index contributed by atoms with van der Waals surface area (Å²) >= 11 is 0. The molecule has 0 unspecified atom stereocenters. The fourth-order valence-corrected chi connectivity index (χ4v) is 3.18. The maximum absolute atomic E-state index is 12.2. The van der Waals surface area contributed by atoms with E-state index in [-0.39, 0.29) is 18.4 Å². The molecule has 104 valence electrons. The van der Waals surface area contributed by atoms with Crippen LogP contribution >= 0.6 is 0 Å². The van der Waals surface area contributed by atoms with Gasteiger partial charge in [-0.1, -0.05) is 19.3 Å². The van der Waals surface area contributed by atoms with Gasteiger partial charge in [0.15, 0.2) is 0 Å². The molecule has 2 aliphatic carbocycles. The molecule has 2 aliphatic rings. The van der Waals surface area contributed by atoms with Crippen LogP contribution in [-0.4, -0.2) is 29.2 Å². The van der Waals surface area contributed by atoms with Gasteiger partial charge < -0.3 is 16.2 Å². The Balaban J connectivity index is 1.76. The first-order valence-corrected chi connectivity index (χ1v) is 7.33. The summed E-state index contributed by atoms with van der Waals surface area (Å²) in [6, 6.07) is 0.397. The van der Waals surface area contributed by atoms with Crippen LogP contribution in [0, 0.1) is 5.92 Å². The number of hydrogen-bond donors (Lipinski definition) is 3. The van der Waals surface area contributed by atoms with Crippen molar-refractivity contribution < 1.29 is 9.90 Å². The Morgan fingerprint density at radius 1 is 1.17 bits per heavy atom. The molecule has 0 spiro atoms. The Morgan fingerprint density at radius 2 is 1.78 bits per heavy atom. The van der Waals surface area contributed by atoms with Gasteiger partial charge in [0, 0.05) is 17.5 Å². The first-order chi connectivity index (χ1) is 8.63. The molecule has 0 radical (unpaired) electrons. The van der Waals surface area contributed by atoms with Crippen molar-refractivity contribution >= 4 is 5.91 Å². The predicted octanol–water partition coefficient (Wildman–Crippen LogP) is 1.32. The average Bonchev–Trinajstić information content (AvgIpc) is 2.40. The lowest BCUT2D eigenvalue weighted by molar-refractivity contribution is -0.127. The molecule has 0 saturated heterocycles. The average molecular weight is 254 g/mol. The van der Waals surface area contributed by atoms with Gasteiger partial charge in [-0.3, -0.25) is 4.79 Å². The molecule has 4 heteroatoms. The Bertz CT molecular complexity index is 280. The molecular formula is C14H26N2O2.